The molecule has 3 heterocycles. The first-order valence-electron chi connectivity index (χ1n) is 8.13. The summed E-state index contributed by atoms with van der Waals surface area (Å²) in [6, 6.07) is 8.22. The molecule has 5 heteroatoms. The van der Waals surface area contributed by atoms with Crippen molar-refractivity contribution >= 4 is 28.1 Å². The number of aromatic nitrogens is 1. The molecule has 0 unspecified atom stereocenters. The van der Waals surface area contributed by atoms with Crippen LogP contribution in [0.4, 0.5) is 5.82 Å². The molecular weight excluding hydrogens is 302 g/mol. The van der Waals surface area contributed by atoms with Gasteiger partial charge in [0.25, 0.3) is 5.91 Å². The maximum Gasteiger partial charge on any atom is 0.254 e. The smallest absolute Gasteiger partial charge is 0.254 e. The van der Waals surface area contributed by atoms with Crippen LogP contribution in [0.2, 0.25) is 0 Å². The Hall–Kier alpha value is -2.66. The quantitative estimate of drug-likeness (QED) is 0.912. The standard InChI is InChI=1S/C19H19N3O2/c1-12-4-6-20-11-16(12)14-3-2-13-9-18(21-10-15(13)8-14)22-19(23)17-5-7-24-17/h2-4,6,8-10,17,20H,5,7,11H2,1H3,(H,21,22,23)/t17-/m0/s1. The molecule has 24 heavy (non-hydrogen) atoms. The molecule has 0 saturated carbocycles. The Bertz CT molecular complexity index is 866. The third-order valence-corrected chi connectivity index (χ3v) is 4.52. The van der Waals surface area contributed by atoms with Crippen molar-refractivity contribution < 1.29 is 9.53 Å². The number of hydrogen-bond acceptors (Lipinski definition) is 4. The molecule has 1 atom stereocenters. The first-order chi connectivity index (χ1) is 11.7. The molecule has 1 aromatic carbocycles. The minimum atomic E-state index is -0.327. The topological polar surface area (TPSA) is 63.2 Å². The van der Waals surface area contributed by atoms with E-state index in [1.165, 1.54) is 16.7 Å². The molecule has 0 bridgehead atoms. The van der Waals surface area contributed by atoms with Gasteiger partial charge in [-0.2, -0.15) is 0 Å². The lowest BCUT2D eigenvalue weighted by Gasteiger charge is -2.24. The van der Waals surface area contributed by atoms with Crippen molar-refractivity contribution in [2.75, 3.05) is 18.5 Å². The number of fused-ring (bicyclic) bond motifs is 1. The van der Waals surface area contributed by atoms with Crippen molar-refractivity contribution in [3.63, 3.8) is 0 Å². The van der Waals surface area contributed by atoms with Gasteiger partial charge in [0.2, 0.25) is 0 Å². The minimum absolute atomic E-state index is 0.120. The number of rotatable bonds is 3. The van der Waals surface area contributed by atoms with E-state index in [1.807, 2.05) is 12.3 Å². The molecule has 2 aliphatic rings. The van der Waals surface area contributed by atoms with Crippen molar-refractivity contribution in [1.82, 2.24) is 10.3 Å². The Morgan fingerprint density at radius 1 is 1.33 bits per heavy atom. The van der Waals surface area contributed by atoms with Crippen molar-refractivity contribution in [1.29, 1.82) is 0 Å². The van der Waals surface area contributed by atoms with Gasteiger partial charge in [0.05, 0.1) is 6.61 Å². The van der Waals surface area contributed by atoms with Crippen LogP contribution in [0.1, 0.15) is 18.9 Å². The van der Waals surface area contributed by atoms with E-state index >= 15 is 0 Å². The van der Waals surface area contributed by atoms with E-state index in [9.17, 15) is 4.79 Å². The number of pyridine rings is 1. The summed E-state index contributed by atoms with van der Waals surface area (Å²) in [6.07, 6.45) is 6.31. The molecule has 0 aliphatic carbocycles. The number of ether oxygens (including phenoxy) is 1. The van der Waals surface area contributed by atoms with E-state index in [1.54, 1.807) is 6.20 Å². The number of amides is 1. The third-order valence-electron chi connectivity index (χ3n) is 4.52. The monoisotopic (exact) mass is 321 g/mol. The van der Waals surface area contributed by atoms with E-state index in [0.717, 1.165) is 23.7 Å². The molecule has 1 aromatic heterocycles. The zero-order valence-corrected chi connectivity index (χ0v) is 13.5. The van der Waals surface area contributed by atoms with Gasteiger partial charge >= 0.3 is 0 Å². The van der Waals surface area contributed by atoms with Crippen LogP contribution < -0.4 is 10.6 Å². The van der Waals surface area contributed by atoms with E-state index < -0.39 is 0 Å². The number of benzene rings is 1. The average molecular weight is 321 g/mol. The number of nitrogens with one attached hydrogen (secondary N) is 2. The summed E-state index contributed by atoms with van der Waals surface area (Å²) in [7, 11) is 0. The number of carbonyl (C=O) groups is 1. The highest BCUT2D eigenvalue weighted by molar-refractivity contribution is 5.96. The van der Waals surface area contributed by atoms with Crippen LogP contribution in [0.25, 0.3) is 16.3 Å². The first kappa shape index (κ1) is 14.9. The fourth-order valence-corrected chi connectivity index (χ4v) is 2.96. The lowest BCUT2D eigenvalue weighted by atomic mass is 9.97. The highest BCUT2D eigenvalue weighted by Crippen LogP contribution is 2.26. The minimum Gasteiger partial charge on any atom is -0.387 e. The fourth-order valence-electron chi connectivity index (χ4n) is 2.96. The highest BCUT2D eigenvalue weighted by atomic mass is 16.5. The summed E-state index contributed by atoms with van der Waals surface area (Å²) in [6.45, 7) is 3.61. The van der Waals surface area contributed by atoms with E-state index in [0.29, 0.717) is 12.4 Å². The Morgan fingerprint density at radius 3 is 2.96 bits per heavy atom. The van der Waals surface area contributed by atoms with Gasteiger partial charge in [-0.05, 0) is 53.4 Å². The summed E-state index contributed by atoms with van der Waals surface area (Å²) >= 11 is 0. The maximum absolute atomic E-state index is 11.9. The number of allylic oxidation sites excluding steroid dienone is 2. The second-order valence-electron chi connectivity index (χ2n) is 6.14. The zero-order valence-electron chi connectivity index (χ0n) is 13.5. The number of dihydropyridines is 1. The Kier molecular flexibility index (Phi) is 3.78. The molecule has 5 nitrogen and oxygen atoms in total. The van der Waals surface area contributed by atoms with Gasteiger partial charge in [-0.1, -0.05) is 12.1 Å². The Morgan fingerprint density at radius 2 is 2.21 bits per heavy atom. The van der Waals surface area contributed by atoms with E-state index in [-0.39, 0.29) is 12.0 Å². The SMILES string of the molecule is CC1=C(c2ccc3cc(NC(=O)[C@@H]4CCO4)ncc3c2)CNC=C1. The van der Waals surface area contributed by atoms with Crippen LogP contribution in [0, 0.1) is 0 Å². The van der Waals surface area contributed by atoms with Crippen LogP contribution in [-0.2, 0) is 9.53 Å². The van der Waals surface area contributed by atoms with Crippen molar-refractivity contribution in [2.24, 2.45) is 0 Å². The molecule has 1 amide bonds. The van der Waals surface area contributed by atoms with Crippen LogP contribution in [0.15, 0.2) is 48.3 Å². The molecule has 2 aromatic rings. The van der Waals surface area contributed by atoms with E-state index in [2.05, 4.69) is 46.8 Å². The maximum atomic E-state index is 11.9. The van der Waals surface area contributed by atoms with Gasteiger partial charge in [0.1, 0.15) is 11.9 Å². The molecule has 0 radical (unpaired) electrons. The summed E-state index contributed by atoms with van der Waals surface area (Å²) in [5.74, 6) is 0.444. The lowest BCUT2D eigenvalue weighted by Crippen LogP contribution is -2.39. The van der Waals surface area contributed by atoms with Crippen molar-refractivity contribution in [2.45, 2.75) is 19.4 Å². The molecule has 122 valence electrons. The fraction of sp³-hybridized carbons (Fsp3) is 0.263. The summed E-state index contributed by atoms with van der Waals surface area (Å²) < 4.78 is 5.19. The van der Waals surface area contributed by atoms with Crippen molar-refractivity contribution in [3.05, 3.63) is 53.9 Å². The Balaban J connectivity index is 1.61. The second-order valence-corrected chi connectivity index (χ2v) is 6.14. The zero-order chi connectivity index (χ0) is 16.5. The number of carbonyl (C=O) groups excluding carboxylic acids is 1. The summed E-state index contributed by atoms with van der Waals surface area (Å²) in [5.41, 5.74) is 3.75. The number of nitrogens with zero attached hydrogens (tertiary/aromatic N) is 1. The predicted molar refractivity (Wildman–Crippen MR) is 94.5 cm³/mol. The number of anilines is 1. The molecule has 2 N–H and O–H groups in total. The number of hydrogen-bond donors (Lipinski definition) is 2. The third kappa shape index (κ3) is 2.78. The normalized spacial score (nSPS) is 19.8. The first-order valence-corrected chi connectivity index (χ1v) is 8.13. The van der Waals surface area contributed by atoms with Crippen LogP contribution in [0.3, 0.4) is 0 Å². The second kappa shape index (κ2) is 6.09. The summed E-state index contributed by atoms with van der Waals surface area (Å²) in [4.78, 5) is 16.3. The van der Waals surface area contributed by atoms with Gasteiger partial charge < -0.3 is 15.4 Å². The van der Waals surface area contributed by atoms with Crippen LogP contribution in [0.5, 0.6) is 0 Å². The van der Waals surface area contributed by atoms with Gasteiger partial charge in [-0.3, -0.25) is 4.79 Å². The molecular formula is C19H19N3O2. The molecule has 1 saturated heterocycles. The predicted octanol–water partition coefficient (Wildman–Crippen LogP) is 2.85. The van der Waals surface area contributed by atoms with Crippen LogP contribution in [-0.4, -0.2) is 30.1 Å². The summed E-state index contributed by atoms with van der Waals surface area (Å²) in [5, 5.41) is 8.18. The van der Waals surface area contributed by atoms with Crippen LogP contribution >= 0.6 is 0 Å². The van der Waals surface area contributed by atoms with E-state index in [4.69, 9.17) is 4.74 Å². The molecule has 1 fully saturated rings. The highest BCUT2D eigenvalue weighted by Gasteiger charge is 2.26. The van der Waals surface area contributed by atoms with Gasteiger partial charge in [0, 0.05) is 24.5 Å². The van der Waals surface area contributed by atoms with Gasteiger partial charge in [0.15, 0.2) is 0 Å². The molecule has 2 aliphatic heterocycles. The largest absolute Gasteiger partial charge is 0.387 e. The van der Waals surface area contributed by atoms with Gasteiger partial charge in [-0.15, -0.1) is 0 Å². The molecule has 0 spiro atoms. The average Bonchev–Trinajstić information content (AvgIpc) is 2.53. The lowest BCUT2D eigenvalue weighted by molar-refractivity contribution is -0.139. The van der Waals surface area contributed by atoms with Gasteiger partial charge in [-0.25, -0.2) is 4.98 Å². The Labute approximate surface area is 140 Å². The van der Waals surface area contributed by atoms with Crippen molar-refractivity contribution in [3.8, 4) is 0 Å². The molecule has 4 rings (SSSR count).